The smallest absolute Gasteiger partial charge is 0.320 e. The number of carbonyl (C=O) groups is 1. The number of amides is 2. The summed E-state index contributed by atoms with van der Waals surface area (Å²) in [7, 11) is 1.71. The van der Waals surface area contributed by atoms with E-state index >= 15 is 0 Å². The van der Waals surface area contributed by atoms with Crippen molar-refractivity contribution >= 4 is 11.8 Å². The van der Waals surface area contributed by atoms with Crippen LogP contribution in [0.3, 0.4) is 0 Å². The minimum Gasteiger partial charge on any atom is -0.383 e. The number of aryl methyl sites for hydroxylation is 1. The zero-order chi connectivity index (χ0) is 16.9. The number of nitrogens with zero attached hydrogens (tertiary/aromatic N) is 4. The first-order valence-corrected chi connectivity index (χ1v) is 8.51. The van der Waals surface area contributed by atoms with Crippen molar-refractivity contribution in [2.75, 3.05) is 64.6 Å². The summed E-state index contributed by atoms with van der Waals surface area (Å²) in [5.41, 5.74) is 2.08. The minimum absolute atomic E-state index is 0.0958. The molecule has 0 N–H and O–H groups in total. The van der Waals surface area contributed by atoms with Crippen LogP contribution in [0, 0.1) is 6.92 Å². The molecule has 0 saturated carbocycles. The van der Waals surface area contributed by atoms with Gasteiger partial charge < -0.3 is 24.2 Å². The van der Waals surface area contributed by atoms with Crippen molar-refractivity contribution < 1.29 is 14.3 Å². The molecule has 0 bridgehead atoms. The first-order valence-electron chi connectivity index (χ1n) is 8.51. The van der Waals surface area contributed by atoms with Gasteiger partial charge in [-0.15, -0.1) is 0 Å². The van der Waals surface area contributed by atoms with Crippen LogP contribution >= 0.6 is 0 Å². The van der Waals surface area contributed by atoms with E-state index in [1.54, 1.807) is 7.11 Å². The molecule has 7 nitrogen and oxygen atoms in total. The van der Waals surface area contributed by atoms with Gasteiger partial charge in [0.1, 0.15) is 5.82 Å². The monoisotopic (exact) mass is 334 g/mol. The van der Waals surface area contributed by atoms with Gasteiger partial charge in [-0.2, -0.15) is 0 Å². The van der Waals surface area contributed by atoms with Crippen LogP contribution in [0.4, 0.5) is 10.6 Å². The fourth-order valence-electron chi connectivity index (χ4n) is 3.14. The first kappa shape index (κ1) is 17.0. The fourth-order valence-corrected chi connectivity index (χ4v) is 3.14. The quantitative estimate of drug-likeness (QED) is 0.829. The van der Waals surface area contributed by atoms with Gasteiger partial charge in [0.05, 0.1) is 26.4 Å². The van der Waals surface area contributed by atoms with Gasteiger partial charge in [0, 0.05) is 51.1 Å². The predicted molar refractivity (Wildman–Crippen MR) is 91.3 cm³/mol. The van der Waals surface area contributed by atoms with Crippen LogP contribution in [0.1, 0.15) is 11.3 Å². The zero-order valence-corrected chi connectivity index (χ0v) is 14.5. The Balaban J connectivity index is 1.79. The van der Waals surface area contributed by atoms with E-state index in [1.807, 2.05) is 22.8 Å². The third-order valence-electron chi connectivity index (χ3n) is 4.51. The molecule has 3 heterocycles. The Morgan fingerprint density at radius 2 is 2.00 bits per heavy atom. The lowest BCUT2D eigenvalue weighted by Gasteiger charge is -2.32. The molecule has 132 valence electrons. The molecule has 1 fully saturated rings. The van der Waals surface area contributed by atoms with Gasteiger partial charge >= 0.3 is 6.03 Å². The topological polar surface area (TPSA) is 58.1 Å². The highest BCUT2D eigenvalue weighted by Gasteiger charge is 2.27. The highest BCUT2D eigenvalue weighted by Crippen LogP contribution is 2.24. The van der Waals surface area contributed by atoms with Gasteiger partial charge in [0.2, 0.25) is 0 Å². The molecule has 1 saturated heterocycles. The van der Waals surface area contributed by atoms with Crippen LogP contribution in [-0.2, 0) is 16.0 Å². The van der Waals surface area contributed by atoms with E-state index in [0.29, 0.717) is 46.0 Å². The number of pyridine rings is 1. The van der Waals surface area contributed by atoms with Gasteiger partial charge in [0.15, 0.2) is 0 Å². The van der Waals surface area contributed by atoms with Crippen molar-refractivity contribution in [2.45, 2.75) is 13.5 Å². The molecule has 2 amide bonds. The number of fused-ring (bicyclic) bond motifs is 1. The maximum atomic E-state index is 12.8. The maximum absolute atomic E-state index is 12.8. The summed E-state index contributed by atoms with van der Waals surface area (Å²) in [6.45, 7) is 8.06. The average Bonchev–Trinajstić information content (AvgIpc) is 2.79. The summed E-state index contributed by atoms with van der Waals surface area (Å²) in [5, 5.41) is 0. The molecule has 0 atom stereocenters. The van der Waals surface area contributed by atoms with Gasteiger partial charge in [-0.3, -0.25) is 0 Å². The molecule has 3 rings (SSSR count). The summed E-state index contributed by atoms with van der Waals surface area (Å²) < 4.78 is 10.6. The van der Waals surface area contributed by atoms with Crippen molar-refractivity contribution in [1.29, 1.82) is 0 Å². The predicted octanol–water partition coefficient (Wildman–Crippen LogP) is 1.11. The Hall–Kier alpha value is -1.86. The van der Waals surface area contributed by atoms with E-state index in [0.717, 1.165) is 30.2 Å². The lowest BCUT2D eigenvalue weighted by molar-refractivity contribution is 0.0430. The number of urea groups is 1. The Morgan fingerprint density at radius 1 is 1.21 bits per heavy atom. The van der Waals surface area contributed by atoms with Gasteiger partial charge in [0.25, 0.3) is 0 Å². The van der Waals surface area contributed by atoms with Gasteiger partial charge in [-0.05, 0) is 13.0 Å². The summed E-state index contributed by atoms with van der Waals surface area (Å²) in [6.07, 6.45) is 0. The number of hydrogen-bond donors (Lipinski definition) is 0. The summed E-state index contributed by atoms with van der Waals surface area (Å²) in [6, 6.07) is 4.19. The van der Waals surface area contributed by atoms with Crippen LogP contribution < -0.4 is 4.90 Å². The van der Waals surface area contributed by atoms with Crippen molar-refractivity contribution in [2.24, 2.45) is 0 Å². The molecule has 24 heavy (non-hydrogen) atoms. The zero-order valence-electron chi connectivity index (χ0n) is 14.5. The van der Waals surface area contributed by atoms with E-state index in [-0.39, 0.29) is 6.03 Å². The molecular weight excluding hydrogens is 308 g/mol. The van der Waals surface area contributed by atoms with Crippen molar-refractivity contribution in [3.8, 4) is 0 Å². The van der Waals surface area contributed by atoms with E-state index < -0.39 is 0 Å². The largest absolute Gasteiger partial charge is 0.383 e. The third-order valence-corrected chi connectivity index (χ3v) is 4.51. The normalized spacial score (nSPS) is 18.3. The Labute approximate surface area is 143 Å². The molecule has 2 aliphatic heterocycles. The Kier molecular flexibility index (Phi) is 5.52. The third kappa shape index (κ3) is 3.79. The van der Waals surface area contributed by atoms with E-state index in [4.69, 9.17) is 14.5 Å². The lowest BCUT2D eigenvalue weighted by atomic mass is 10.2. The van der Waals surface area contributed by atoms with Crippen LogP contribution in [0.25, 0.3) is 0 Å². The van der Waals surface area contributed by atoms with Crippen LogP contribution in [0.2, 0.25) is 0 Å². The molecule has 2 aliphatic rings. The van der Waals surface area contributed by atoms with E-state index in [2.05, 4.69) is 11.0 Å². The number of methoxy groups -OCH3 is 1. The van der Waals surface area contributed by atoms with Crippen LogP contribution in [0.5, 0.6) is 0 Å². The second-order valence-electron chi connectivity index (χ2n) is 6.22. The average molecular weight is 334 g/mol. The van der Waals surface area contributed by atoms with Crippen molar-refractivity contribution in [1.82, 2.24) is 14.8 Å². The maximum Gasteiger partial charge on any atom is 0.320 e. The molecule has 1 aromatic rings. The molecule has 7 heteroatoms. The molecular formula is C17H26N4O3. The molecule has 0 spiro atoms. The highest BCUT2D eigenvalue weighted by molar-refractivity contribution is 5.75. The number of morpholine rings is 1. The van der Waals surface area contributed by atoms with E-state index in [9.17, 15) is 4.79 Å². The number of aromatic nitrogens is 1. The second kappa shape index (κ2) is 7.81. The first-order chi connectivity index (χ1) is 11.7. The Morgan fingerprint density at radius 3 is 2.75 bits per heavy atom. The number of ether oxygens (including phenoxy) is 2. The van der Waals surface area contributed by atoms with Crippen LogP contribution in [0.15, 0.2) is 12.1 Å². The molecule has 0 aromatic carbocycles. The molecule has 0 unspecified atom stereocenters. The van der Waals surface area contributed by atoms with Gasteiger partial charge in [-0.1, -0.05) is 6.07 Å². The minimum atomic E-state index is 0.0958. The number of carbonyl (C=O) groups excluding carboxylic acids is 1. The second-order valence-corrected chi connectivity index (χ2v) is 6.22. The summed E-state index contributed by atoms with van der Waals surface area (Å²) in [5.74, 6) is 0.976. The SMILES string of the molecule is COCCN1CCN(C(=O)N2CCOCC2)Cc2ccc(C)nc21. The number of anilines is 1. The molecule has 1 aromatic heterocycles. The lowest BCUT2D eigenvalue weighted by Crippen LogP contribution is -2.48. The van der Waals surface area contributed by atoms with Crippen molar-refractivity contribution in [3.05, 3.63) is 23.4 Å². The highest BCUT2D eigenvalue weighted by atomic mass is 16.5. The molecule has 0 aliphatic carbocycles. The standard InChI is InChI=1S/C17H26N4O3/c1-14-3-4-15-13-21(17(22)20-8-11-24-12-9-20)6-5-19(7-10-23-2)16(15)18-14/h3-4H,5-13H2,1-2H3. The molecule has 0 radical (unpaired) electrons. The number of rotatable bonds is 3. The fraction of sp³-hybridized carbons (Fsp3) is 0.647. The summed E-state index contributed by atoms with van der Waals surface area (Å²) >= 11 is 0. The summed E-state index contributed by atoms with van der Waals surface area (Å²) in [4.78, 5) is 23.6. The number of hydrogen-bond acceptors (Lipinski definition) is 5. The van der Waals surface area contributed by atoms with Crippen LogP contribution in [-0.4, -0.2) is 80.5 Å². The van der Waals surface area contributed by atoms with Gasteiger partial charge in [-0.25, -0.2) is 9.78 Å². The van der Waals surface area contributed by atoms with Crippen molar-refractivity contribution in [3.63, 3.8) is 0 Å². The Bertz CT molecular complexity index is 575. The van der Waals surface area contributed by atoms with E-state index in [1.165, 1.54) is 0 Å².